The molecule has 1 N–H and O–H groups in total. The monoisotopic (exact) mass is 330 g/mol. The van der Waals surface area contributed by atoms with Gasteiger partial charge in [0.2, 0.25) is 0 Å². The molecule has 0 unspecified atom stereocenters. The summed E-state index contributed by atoms with van der Waals surface area (Å²) in [5, 5.41) is 9.19. The fourth-order valence-electron chi connectivity index (χ4n) is 1.81. The number of halogens is 2. The van der Waals surface area contributed by atoms with Crippen molar-refractivity contribution in [1.82, 2.24) is 0 Å². The highest BCUT2D eigenvalue weighted by atomic mass is 35.5. The zero-order chi connectivity index (χ0) is 14.8. The quantitative estimate of drug-likeness (QED) is 0.933. The first-order chi connectivity index (χ1) is 9.44. The fraction of sp³-hybridized carbons (Fsp3) is 0.143. The van der Waals surface area contributed by atoms with Crippen molar-refractivity contribution in [3.05, 3.63) is 63.6 Å². The Morgan fingerprint density at radius 2 is 1.40 bits per heavy atom. The molecule has 0 aliphatic heterocycles. The fourth-order valence-corrected chi connectivity index (χ4v) is 4.42. The van der Waals surface area contributed by atoms with Gasteiger partial charge in [0.25, 0.3) is 0 Å². The number of rotatable bonds is 4. The molecule has 106 valence electrons. The van der Waals surface area contributed by atoms with Crippen LogP contribution in [0.25, 0.3) is 0 Å². The molecule has 0 radical (unpaired) electrons. The minimum absolute atomic E-state index is 0.0467. The Morgan fingerprint density at radius 3 is 1.90 bits per heavy atom. The topological polar surface area (TPSA) is 54.4 Å². The van der Waals surface area contributed by atoms with Crippen LogP contribution in [-0.4, -0.2) is 13.5 Å². The Labute approximate surface area is 127 Å². The average molecular weight is 331 g/mol. The highest BCUT2D eigenvalue weighted by Crippen LogP contribution is 2.31. The third-order valence-corrected chi connectivity index (χ3v) is 5.42. The summed E-state index contributed by atoms with van der Waals surface area (Å²) in [5.41, 5.74) is 1.33. The lowest BCUT2D eigenvalue weighted by Crippen LogP contribution is -2.06. The van der Waals surface area contributed by atoms with E-state index in [1.54, 1.807) is 30.3 Å². The lowest BCUT2D eigenvalue weighted by atomic mass is 10.2. The molecule has 0 aliphatic carbocycles. The summed E-state index contributed by atoms with van der Waals surface area (Å²) >= 11 is 11.9. The molecule has 0 saturated heterocycles. The zero-order valence-electron chi connectivity index (χ0n) is 10.4. The van der Waals surface area contributed by atoms with Crippen LogP contribution in [0.5, 0.6) is 0 Å². The molecule has 0 aromatic heterocycles. The van der Waals surface area contributed by atoms with Gasteiger partial charge in [0, 0.05) is 0 Å². The van der Waals surface area contributed by atoms with E-state index >= 15 is 0 Å². The second kappa shape index (κ2) is 6.14. The zero-order valence-corrected chi connectivity index (χ0v) is 12.7. The van der Waals surface area contributed by atoms with Gasteiger partial charge in [0.05, 0.1) is 22.4 Å². The van der Waals surface area contributed by atoms with Crippen molar-refractivity contribution in [2.75, 3.05) is 0 Å². The summed E-state index contributed by atoms with van der Waals surface area (Å²) in [4.78, 5) is -0.0467. The molecule has 2 aromatic carbocycles. The van der Waals surface area contributed by atoms with Crippen LogP contribution in [0.1, 0.15) is 11.1 Å². The highest BCUT2D eigenvalue weighted by Gasteiger charge is 2.22. The van der Waals surface area contributed by atoms with Crippen LogP contribution >= 0.6 is 23.2 Å². The van der Waals surface area contributed by atoms with Crippen LogP contribution in [-0.2, 0) is 22.2 Å². The van der Waals surface area contributed by atoms with Crippen LogP contribution in [0.15, 0.2) is 47.4 Å². The van der Waals surface area contributed by atoms with Gasteiger partial charge in [0.15, 0.2) is 9.84 Å². The van der Waals surface area contributed by atoms with Crippen LogP contribution < -0.4 is 0 Å². The molecule has 0 bridgehead atoms. The van der Waals surface area contributed by atoms with Gasteiger partial charge in [-0.2, -0.15) is 0 Å². The van der Waals surface area contributed by atoms with Crippen LogP contribution in [0.3, 0.4) is 0 Å². The molecular weight excluding hydrogens is 319 g/mol. The van der Waals surface area contributed by atoms with Crippen molar-refractivity contribution in [3.63, 3.8) is 0 Å². The lowest BCUT2D eigenvalue weighted by Gasteiger charge is -2.09. The number of benzene rings is 2. The van der Waals surface area contributed by atoms with Crippen molar-refractivity contribution in [2.24, 2.45) is 0 Å². The predicted molar refractivity (Wildman–Crippen MR) is 79.7 cm³/mol. The summed E-state index contributed by atoms with van der Waals surface area (Å²) in [6.45, 7) is -0.0800. The maximum Gasteiger partial charge on any atom is 0.185 e. The number of hydrogen-bond donors (Lipinski definition) is 1. The molecule has 2 rings (SSSR count). The molecule has 20 heavy (non-hydrogen) atoms. The van der Waals surface area contributed by atoms with Gasteiger partial charge in [-0.3, -0.25) is 0 Å². The van der Waals surface area contributed by atoms with E-state index < -0.39 is 9.84 Å². The number of sulfone groups is 1. The molecule has 0 heterocycles. The second-order valence-corrected chi connectivity index (χ2v) is 7.03. The molecule has 2 aromatic rings. The molecule has 0 amide bonds. The Balaban J connectivity index is 2.35. The minimum atomic E-state index is -3.62. The van der Waals surface area contributed by atoms with Crippen LogP contribution in [0.4, 0.5) is 0 Å². The van der Waals surface area contributed by atoms with Crippen molar-refractivity contribution >= 4 is 33.0 Å². The lowest BCUT2D eigenvalue weighted by molar-refractivity contribution is 0.282. The Morgan fingerprint density at radius 1 is 0.900 bits per heavy atom. The highest BCUT2D eigenvalue weighted by molar-refractivity contribution is 7.90. The van der Waals surface area contributed by atoms with E-state index in [1.165, 1.54) is 12.1 Å². The third-order valence-electron chi connectivity index (χ3n) is 2.79. The molecular formula is C14H12Cl2O3S. The van der Waals surface area contributed by atoms with Crippen molar-refractivity contribution in [2.45, 2.75) is 17.3 Å². The first kappa shape index (κ1) is 15.3. The van der Waals surface area contributed by atoms with E-state index in [0.29, 0.717) is 5.56 Å². The summed E-state index contributed by atoms with van der Waals surface area (Å²) in [6.07, 6.45) is 0. The van der Waals surface area contributed by atoms with Gasteiger partial charge in [-0.25, -0.2) is 8.42 Å². The van der Waals surface area contributed by atoms with E-state index in [-0.39, 0.29) is 27.3 Å². The molecule has 0 fully saturated rings. The van der Waals surface area contributed by atoms with Gasteiger partial charge < -0.3 is 5.11 Å². The van der Waals surface area contributed by atoms with E-state index in [9.17, 15) is 8.42 Å². The number of aliphatic hydroxyl groups excluding tert-OH is 1. The van der Waals surface area contributed by atoms with Crippen LogP contribution in [0.2, 0.25) is 10.0 Å². The SMILES string of the molecule is O=S(=O)(Cc1ccc(CO)cc1)c1c(Cl)cccc1Cl. The molecule has 6 heteroatoms. The van der Waals surface area contributed by atoms with E-state index in [0.717, 1.165) is 5.56 Å². The molecule has 0 saturated carbocycles. The largest absolute Gasteiger partial charge is 0.392 e. The minimum Gasteiger partial charge on any atom is -0.392 e. The third kappa shape index (κ3) is 3.33. The Bertz CT molecular complexity index is 689. The van der Waals surface area contributed by atoms with Crippen LogP contribution in [0, 0.1) is 0 Å². The normalized spacial score (nSPS) is 11.6. The molecule has 3 nitrogen and oxygen atoms in total. The molecule has 0 aliphatic rings. The van der Waals surface area contributed by atoms with Crippen molar-refractivity contribution < 1.29 is 13.5 Å². The summed E-state index contributed by atoms with van der Waals surface area (Å²) in [7, 11) is -3.62. The smallest absolute Gasteiger partial charge is 0.185 e. The molecule has 0 atom stereocenters. The second-order valence-electron chi connectivity index (χ2n) is 4.28. The summed E-state index contributed by atoms with van der Waals surface area (Å²) in [6, 6.07) is 11.3. The van der Waals surface area contributed by atoms with E-state index in [4.69, 9.17) is 28.3 Å². The Kier molecular flexibility index (Phi) is 4.70. The standard InChI is InChI=1S/C14H12Cl2O3S/c15-12-2-1-3-13(16)14(12)20(18,19)9-11-6-4-10(8-17)5-7-11/h1-7,17H,8-9H2. The Hall–Kier alpha value is -1.07. The number of hydrogen-bond acceptors (Lipinski definition) is 3. The molecule has 0 spiro atoms. The van der Waals surface area contributed by atoms with Crippen molar-refractivity contribution in [3.8, 4) is 0 Å². The van der Waals surface area contributed by atoms with Gasteiger partial charge in [-0.1, -0.05) is 53.5 Å². The first-order valence-electron chi connectivity index (χ1n) is 5.79. The van der Waals surface area contributed by atoms with Gasteiger partial charge in [0.1, 0.15) is 4.90 Å². The summed E-state index contributed by atoms with van der Waals surface area (Å²) in [5.74, 6) is -0.192. The van der Waals surface area contributed by atoms with Gasteiger partial charge in [-0.05, 0) is 23.3 Å². The summed E-state index contributed by atoms with van der Waals surface area (Å²) < 4.78 is 24.8. The van der Waals surface area contributed by atoms with Gasteiger partial charge >= 0.3 is 0 Å². The van der Waals surface area contributed by atoms with Gasteiger partial charge in [-0.15, -0.1) is 0 Å². The predicted octanol–water partition coefficient (Wildman–Crippen LogP) is 3.46. The average Bonchev–Trinajstić information content (AvgIpc) is 2.38. The maximum absolute atomic E-state index is 12.4. The maximum atomic E-state index is 12.4. The van der Waals surface area contributed by atoms with E-state index in [1.807, 2.05) is 0 Å². The van der Waals surface area contributed by atoms with E-state index in [2.05, 4.69) is 0 Å². The number of aliphatic hydroxyl groups is 1. The van der Waals surface area contributed by atoms with Crippen molar-refractivity contribution in [1.29, 1.82) is 0 Å². The first-order valence-corrected chi connectivity index (χ1v) is 8.20.